The number of aliphatic hydroxyl groups is 1. The third-order valence-corrected chi connectivity index (χ3v) is 3.67. The van der Waals surface area contributed by atoms with Gasteiger partial charge >= 0.3 is 0 Å². The van der Waals surface area contributed by atoms with E-state index in [1.807, 2.05) is 36.4 Å². The molecule has 1 aromatic heterocycles. The van der Waals surface area contributed by atoms with Crippen LogP contribution in [0.15, 0.2) is 59.8 Å². The molecule has 1 unspecified atom stereocenters. The van der Waals surface area contributed by atoms with Gasteiger partial charge in [-0.3, -0.25) is 0 Å². The lowest BCUT2D eigenvalue weighted by molar-refractivity contribution is 0.275. The molecule has 17 heavy (non-hydrogen) atoms. The molecule has 0 aliphatic rings. The van der Waals surface area contributed by atoms with Crippen LogP contribution in [-0.2, 0) is 0 Å². The largest absolute Gasteiger partial charge is 0.396 e. The second kappa shape index (κ2) is 6.42. The Morgan fingerprint density at radius 1 is 1.06 bits per heavy atom. The maximum atomic E-state index is 9.42. The van der Waals surface area contributed by atoms with Crippen LogP contribution in [0.25, 0.3) is 0 Å². The zero-order chi connectivity index (χ0) is 11.9. The fourth-order valence-electron chi connectivity index (χ4n) is 1.60. The van der Waals surface area contributed by atoms with Crippen molar-refractivity contribution in [1.29, 1.82) is 0 Å². The molecule has 2 aromatic rings. The quantitative estimate of drug-likeness (QED) is 0.822. The van der Waals surface area contributed by atoms with Crippen LogP contribution in [0.5, 0.6) is 0 Å². The van der Waals surface area contributed by atoms with Crippen LogP contribution in [0, 0.1) is 0 Å². The lowest BCUT2D eigenvalue weighted by Gasteiger charge is -2.13. The van der Waals surface area contributed by atoms with Crippen LogP contribution in [0.2, 0.25) is 0 Å². The highest BCUT2D eigenvalue weighted by molar-refractivity contribution is 7.99. The number of pyridine rings is 1. The third-order valence-electron chi connectivity index (χ3n) is 2.56. The number of rotatable bonds is 5. The Bertz CT molecular complexity index is 432. The molecule has 0 saturated heterocycles. The Hall–Kier alpha value is -1.32. The van der Waals surface area contributed by atoms with Crippen molar-refractivity contribution in [2.45, 2.75) is 10.9 Å². The van der Waals surface area contributed by atoms with E-state index in [9.17, 15) is 5.11 Å². The molecular weight excluding hydrogens is 230 g/mol. The molecule has 0 radical (unpaired) electrons. The van der Waals surface area contributed by atoms with Gasteiger partial charge in [0.25, 0.3) is 0 Å². The van der Waals surface area contributed by atoms with Crippen LogP contribution in [-0.4, -0.2) is 22.5 Å². The van der Waals surface area contributed by atoms with Crippen molar-refractivity contribution >= 4 is 11.8 Å². The van der Waals surface area contributed by atoms with Crippen LogP contribution in [0.4, 0.5) is 0 Å². The summed E-state index contributed by atoms with van der Waals surface area (Å²) < 4.78 is 0. The molecule has 0 saturated carbocycles. The monoisotopic (exact) mass is 245 g/mol. The first-order chi connectivity index (χ1) is 8.40. The lowest BCUT2D eigenvalue weighted by atomic mass is 10.0. The van der Waals surface area contributed by atoms with Crippen LogP contribution in [0.1, 0.15) is 11.5 Å². The fraction of sp³-hybridized carbons (Fsp3) is 0.214. The molecule has 0 fully saturated rings. The molecule has 0 amide bonds. The number of benzene rings is 1. The molecule has 3 heteroatoms. The van der Waals surface area contributed by atoms with Gasteiger partial charge in [0.05, 0.1) is 11.6 Å². The summed E-state index contributed by atoms with van der Waals surface area (Å²) in [6, 6.07) is 16.0. The summed E-state index contributed by atoms with van der Waals surface area (Å²) in [4.78, 5) is 4.26. The van der Waals surface area contributed by atoms with Gasteiger partial charge in [0.15, 0.2) is 0 Å². The van der Waals surface area contributed by atoms with Crippen molar-refractivity contribution in [3.05, 3.63) is 60.3 Å². The van der Waals surface area contributed by atoms with E-state index >= 15 is 0 Å². The van der Waals surface area contributed by atoms with Crippen LogP contribution in [0.3, 0.4) is 0 Å². The second-order valence-electron chi connectivity index (χ2n) is 3.77. The molecule has 0 aliphatic carbocycles. The molecule has 2 rings (SSSR count). The summed E-state index contributed by atoms with van der Waals surface area (Å²) in [7, 11) is 0. The van der Waals surface area contributed by atoms with Gasteiger partial charge in [-0.25, -0.2) is 4.98 Å². The predicted molar refractivity (Wildman–Crippen MR) is 71.2 cm³/mol. The molecule has 1 atom stereocenters. The Morgan fingerprint density at radius 2 is 1.82 bits per heavy atom. The molecule has 0 bridgehead atoms. The average molecular weight is 245 g/mol. The average Bonchev–Trinajstić information content (AvgIpc) is 2.42. The highest BCUT2D eigenvalue weighted by atomic mass is 32.2. The molecule has 0 aliphatic heterocycles. The van der Waals surface area contributed by atoms with Crippen molar-refractivity contribution in [2.75, 3.05) is 12.4 Å². The molecule has 1 N–H and O–H groups in total. The standard InChI is InChI=1S/C14H15NOS/c16-10-13(12-6-2-1-3-7-12)11-17-14-8-4-5-9-15-14/h1-9,13,16H,10-11H2. The van der Waals surface area contributed by atoms with E-state index in [2.05, 4.69) is 17.1 Å². The Balaban J connectivity index is 1.97. The Morgan fingerprint density at radius 3 is 2.47 bits per heavy atom. The van der Waals surface area contributed by atoms with Crippen molar-refractivity contribution in [2.24, 2.45) is 0 Å². The highest BCUT2D eigenvalue weighted by Crippen LogP contribution is 2.24. The third kappa shape index (κ3) is 3.58. The normalized spacial score (nSPS) is 12.3. The number of aromatic nitrogens is 1. The highest BCUT2D eigenvalue weighted by Gasteiger charge is 2.10. The molecule has 1 heterocycles. The van der Waals surface area contributed by atoms with Crippen molar-refractivity contribution < 1.29 is 5.11 Å². The number of thioether (sulfide) groups is 1. The number of nitrogens with zero attached hydrogens (tertiary/aromatic N) is 1. The zero-order valence-electron chi connectivity index (χ0n) is 9.49. The van der Waals surface area contributed by atoms with Crippen LogP contribution >= 0.6 is 11.8 Å². The first kappa shape index (κ1) is 12.1. The van der Waals surface area contributed by atoms with Gasteiger partial charge in [-0.15, -0.1) is 11.8 Å². The van der Waals surface area contributed by atoms with E-state index in [-0.39, 0.29) is 12.5 Å². The Kier molecular flexibility index (Phi) is 4.59. The summed E-state index contributed by atoms with van der Waals surface area (Å²) in [5.41, 5.74) is 1.18. The topological polar surface area (TPSA) is 33.1 Å². The zero-order valence-corrected chi connectivity index (χ0v) is 10.3. The van der Waals surface area contributed by atoms with Gasteiger partial charge in [0.2, 0.25) is 0 Å². The van der Waals surface area contributed by atoms with Gasteiger partial charge in [-0.2, -0.15) is 0 Å². The van der Waals surface area contributed by atoms with Gasteiger partial charge in [0, 0.05) is 17.9 Å². The smallest absolute Gasteiger partial charge is 0.0960 e. The summed E-state index contributed by atoms with van der Waals surface area (Å²) in [5, 5.41) is 10.4. The molecule has 0 spiro atoms. The minimum Gasteiger partial charge on any atom is -0.396 e. The summed E-state index contributed by atoms with van der Waals surface area (Å²) in [5.74, 6) is 1.01. The van der Waals surface area contributed by atoms with E-state index < -0.39 is 0 Å². The fourth-order valence-corrected chi connectivity index (χ4v) is 2.58. The molecule has 2 nitrogen and oxygen atoms in total. The van der Waals surface area contributed by atoms with E-state index in [0.717, 1.165) is 10.8 Å². The first-order valence-electron chi connectivity index (χ1n) is 5.60. The van der Waals surface area contributed by atoms with E-state index in [1.54, 1.807) is 18.0 Å². The maximum absolute atomic E-state index is 9.42. The summed E-state index contributed by atoms with van der Waals surface area (Å²) >= 11 is 1.68. The van der Waals surface area contributed by atoms with Gasteiger partial charge in [0.1, 0.15) is 0 Å². The minimum absolute atomic E-state index is 0.170. The number of aliphatic hydroxyl groups excluding tert-OH is 1. The first-order valence-corrected chi connectivity index (χ1v) is 6.58. The maximum Gasteiger partial charge on any atom is 0.0960 e. The van der Waals surface area contributed by atoms with Crippen LogP contribution < -0.4 is 0 Å². The SMILES string of the molecule is OCC(CSc1ccccn1)c1ccccc1. The summed E-state index contributed by atoms with van der Waals surface area (Å²) in [6.07, 6.45) is 1.79. The number of hydrogen-bond donors (Lipinski definition) is 1. The lowest BCUT2D eigenvalue weighted by Crippen LogP contribution is -2.07. The molecule has 88 valence electrons. The molecular formula is C14H15NOS. The second-order valence-corrected chi connectivity index (χ2v) is 4.81. The predicted octanol–water partition coefficient (Wildman–Crippen LogP) is 2.95. The van der Waals surface area contributed by atoms with Gasteiger partial charge < -0.3 is 5.11 Å². The van der Waals surface area contributed by atoms with Gasteiger partial charge in [-0.05, 0) is 17.7 Å². The Labute approximate surface area is 106 Å². The number of hydrogen-bond acceptors (Lipinski definition) is 3. The van der Waals surface area contributed by atoms with E-state index in [4.69, 9.17) is 0 Å². The van der Waals surface area contributed by atoms with Gasteiger partial charge in [-0.1, -0.05) is 36.4 Å². The minimum atomic E-state index is 0.170. The summed E-state index contributed by atoms with van der Waals surface area (Å²) in [6.45, 7) is 0.170. The van der Waals surface area contributed by atoms with Crippen molar-refractivity contribution in [3.63, 3.8) is 0 Å². The molecule has 1 aromatic carbocycles. The van der Waals surface area contributed by atoms with E-state index in [1.165, 1.54) is 5.56 Å². The van der Waals surface area contributed by atoms with Crippen molar-refractivity contribution in [1.82, 2.24) is 4.98 Å². The van der Waals surface area contributed by atoms with E-state index in [0.29, 0.717) is 0 Å². The van der Waals surface area contributed by atoms with Crippen molar-refractivity contribution in [3.8, 4) is 0 Å².